The molecule has 2 heterocycles. The van der Waals surface area contributed by atoms with E-state index >= 15 is 0 Å². The van der Waals surface area contributed by atoms with Crippen molar-refractivity contribution in [1.29, 1.82) is 0 Å². The van der Waals surface area contributed by atoms with Crippen molar-refractivity contribution in [2.24, 2.45) is 0 Å². The first-order valence-corrected chi connectivity index (χ1v) is 8.49. The average Bonchev–Trinajstić information content (AvgIpc) is 3.24. The number of aryl methyl sites for hydroxylation is 1. The van der Waals surface area contributed by atoms with E-state index in [0.717, 1.165) is 25.9 Å². The molecule has 0 radical (unpaired) electrons. The first kappa shape index (κ1) is 16.6. The Labute approximate surface area is 143 Å². The lowest BCUT2D eigenvalue weighted by atomic mass is 10.0. The Morgan fingerprint density at radius 2 is 1.92 bits per heavy atom. The number of carbonyl (C=O) groups is 1. The monoisotopic (exact) mass is 327 g/mol. The molecule has 1 atom stereocenters. The molecule has 1 aromatic carbocycles. The van der Waals surface area contributed by atoms with Crippen molar-refractivity contribution >= 4 is 5.91 Å². The van der Waals surface area contributed by atoms with Crippen LogP contribution in [-0.4, -0.2) is 51.1 Å². The third-order valence-electron chi connectivity index (χ3n) is 4.49. The van der Waals surface area contributed by atoms with Crippen molar-refractivity contribution in [2.75, 3.05) is 20.6 Å². The number of nitrogens with zero attached hydrogens (tertiary/aromatic N) is 5. The summed E-state index contributed by atoms with van der Waals surface area (Å²) >= 11 is 0. The highest BCUT2D eigenvalue weighted by atomic mass is 16.2. The van der Waals surface area contributed by atoms with Crippen molar-refractivity contribution in [1.82, 2.24) is 24.6 Å². The van der Waals surface area contributed by atoms with E-state index < -0.39 is 0 Å². The topological polar surface area (TPSA) is 54.3 Å². The highest BCUT2D eigenvalue weighted by Gasteiger charge is 2.29. The smallest absolute Gasteiger partial charge is 0.224 e. The Hall–Kier alpha value is -2.21. The van der Waals surface area contributed by atoms with E-state index in [1.165, 1.54) is 11.1 Å². The summed E-state index contributed by atoms with van der Waals surface area (Å²) in [5, 5.41) is 7.55. The van der Waals surface area contributed by atoms with Gasteiger partial charge in [-0.15, -0.1) is 10.2 Å². The highest BCUT2D eigenvalue weighted by molar-refractivity contribution is 5.77. The average molecular weight is 327 g/mol. The molecule has 0 spiro atoms. The maximum atomic E-state index is 12.6. The molecule has 3 rings (SSSR count). The van der Waals surface area contributed by atoms with Crippen LogP contribution >= 0.6 is 0 Å². The number of aromatic nitrogens is 3. The SMILES string of the molecule is CN(C)Cc1ccc(C2CCCN2C(=O)CCn2cnnc2)cc1. The van der Waals surface area contributed by atoms with E-state index in [1.54, 1.807) is 12.7 Å². The fraction of sp³-hybridized carbons (Fsp3) is 0.500. The molecule has 128 valence electrons. The minimum Gasteiger partial charge on any atom is -0.336 e. The normalized spacial score (nSPS) is 17.6. The zero-order chi connectivity index (χ0) is 16.9. The van der Waals surface area contributed by atoms with E-state index in [0.29, 0.717) is 13.0 Å². The van der Waals surface area contributed by atoms with E-state index in [1.807, 2.05) is 9.47 Å². The lowest BCUT2D eigenvalue weighted by Gasteiger charge is -2.25. The van der Waals surface area contributed by atoms with Gasteiger partial charge in [-0.25, -0.2) is 0 Å². The minimum atomic E-state index is 0.212. The number of rotatable bonds is 6. The Bertz CT molecular complexity index is 651. The fourth-order valence-electron chi connectivity index (χ4n) is 3.33. The quantitative estimate of drug-likeness (QED) is 0.815. The van der Waals surface area contributed by atoms with Crippen LogP contribution in [0.25, 0.3) is 0 Å². The lowest BCUT2D eigenvalue weighted by molar-refractivity contribution is -0.132. The Balaban J connectivity index is 1.62. The number of carbonyl (C=O) groups excluding carboxylic acids is 1. The second-order valence-electron chi connectivity index (χ2n) is 6.67. The summed E-state index contributed by atoms with van der Waals surface area (Å²) in [5.74, 6) is 0.212. The molecule has 0 aliphatic carbocycles. The van der Waals surface area contributed by atoms with Gasteiger partial charge in [0.05, 0.1) is 6.04 Å². The second kappa shape index (κ2) is 7.57. The first-order valence-electron chi connectivity index (χ1n) is 8.49. The van der Waals surface area contributed by atoms with Gasteiger partial charge < -0.3 is 14.4 Å². The number of amides is 1. The predicted octanol–water partition coefficient (Wildman–Crippen LogP) is 2.09. The molecule has 0 bridgehead atoms. The maximum Gasteiger partial charge on any atom is 0.224 e. The van der Waals surface area contributed by atoms with E-state index in [4.69, 9.17) is 0 Å². The summed E-state index contributed by atoms with van der Waals surface area (Å²) in [6.45, 7) is 2.43. The van der Waals surface area contributed by atoms with Gasteiger partial charge >= 0.3 is 0 Å². The summed E-state index contributed by atoms with van der Waals surface area (Å²) in [6, 6.07) is 8.91. The summed E-state index contributed by atoms with van der Waals surface area (Å²) in [7, 11) is 4.14. The molecule has 6 heteroatoms. The molecular formula is C18H25N5O. The molecule has 1 aliphatic rings. The van der Waals surface area contributed by atoms with E-state index in [2.05, 4.69) is 53.5 Å². The maximum absolute atomic E-state index is 12.6. The van der Waals surface area contributed by atoms with Gasteiger partial charge in [0.25, 0.3) is 0 Å². The molecular weight excluding hydrogens is 302 g/mol. The second-order valence-corrected chi connectivity index (χ2v) is 6.67. The van der Waals surface area contributed by atoms with Crippen LogP contribution in [0.2, 0.25) is 0 Å². The molecule has 1 aromatic heterocycles. The molecule has 2 aromatic rings. The molecule has 24 heavy (non-hydrogen) atoms. The van der Waals surface area contributed by atoms with Gasteiger partial charge in [0.1, 0.15) is 12.7 Å². The van der Waals surface area contributed by atoms with E-state index in [9.17, 15) is 4.79 Å². The van der Waals surface area contributed by atoms with Crippen molar-refractivity contribution in [2.45, 2.75) is 38.4 Å². The fourth-order valence-corrected chi connectivity index (χ4v) is 3.33. The third kappa shape index (κ3) is 4.00. The molecule has 0 N–H and O–H groups in total. The zero-order valence-corrected chi connectivity index (χ0v) is 14.4. The van der Waals surface area contributed by atoms with Crippen LogP contribution in [0.3, 0.4) is 0 Å². The van der Waals surface area contributed by atoms with Gasteiger partial charge in [-0.05, 0) is 38.1 Å². The van der Waals surface area contributed by atoms with Crippen LogP contribution in [0.1, 0.15) is 36.4 Å². The van der Waals surface area contributed by atoms with Crippen molar-refractivity contribution in [3.05, 3.63) is 48.0 Å². The highest BCUT2D eigenvalue weighted by Crippen LogP contribution is 2.32. The van der Waals surface area contributed by atoms with Gasteiger partial charge in [0, 0.05) is 26.1 Å². The molecule has 0 saturated carbocycles. The summed E-state index contributed by atoms with van der Waals surface area (Å²) < 4.78 is 1.85. The molecule has 1 saturated heterocycles. The van der Waals surface area contributed by atoms with Crippen LogP contribution in [-0.2, 0) is 17.9 Å². The van der Waals surface area contributed by atoms with Gasteiger partial charge in [-0.1, -0.05) is 24.3 Å². The molecule has 1 amide bonds. The number of benzene rings is 1. The summed E-state index contributed by atoms with van der Waals surface area (Å²) in [5.41, 5.74) is 2.54. The Kier molecular flexibility index (Phi) is 5.25. The van der Waals surface area contributed by atoms with Crippen molar-refractivity contribution in [3.63, 3.8) is 0 Å². The molecule has 1 aliphatic heterocycles. The molecule has 1 fully saturated rings. The van der Waals surface area contributed by atoms with Crippen LogP contribution in [0.15, 0.2) is 36.9 Å². The van der Waals surface area contributed by atoms with Crippen molar-refractivity contribution in [3.8, 4) is 0 Å². The van der Waals surface area contributed by atoms with Gasteiger partial charge in [0.15, 0.2) is 0 Å². The van der Waals surface area contributed by atoms with Crippen LogP contribution in [0, 0.1) is 0 Å². The van der Waals surface area contributed by atoms with E-state index in [-0.39, 0.29) is 11.9 Å². The number of hydrogen-bond acceptors (Lipinski definition) is 4. The standard InChI is InChI=1S/C18H25N5O/c1-21(2)12-15-5-7-16(8-6-15)17-4-3-10-23(17)18(24)9-11-22-13-19-20-14-22/h5-8,13-14,17H,3-4,9-12H2,1-2H3. The Morgan fingerprint density at radius 3 is 2.58 bits per heavy atom. The lowest BCUT2D eigenvalue weighted by Crippen LogP contribution is -2.31. The number of hydrogen-bond donors (Lipinski definition) is 0. The van der Waals surface area contributed by atoms with Crippen LogP contribution < -0.4 is 0 Å². The molecule has 6 nitrogen and oxygen atoms in total. The minimum absolute atomic E-state index is 0.212. The third-order valence-corrected chi connectivity index (χ3v) is 4.49. The van der Waals surface area contributed by atoms with Gasteiger partial charge in [-0.2, -0.15) is 0 Å². The van der Waals surface area contributed by atoms with Crippen LogP contribution in [0.4, 0.5) is 0 Å². The summed E-state index contributed by atoms with van der Waals surface area (Å²) in [4.78, 5) is 16.8. The number of likely N-dealkylation sites (tertiary alicyclic amines) is 1. The first-order chi connectivity index (χ1) is 11.6. The summed E-state index contributed by atoms with van der Waals surface area (Å²) in [6.07, 6.45) is 5.91. The van der Waals surface area contributed by atoms with Gasteiger partial charge in [0.2, 0.25) is 5.91 Å². The molecule has 1 unspecified atom stereocenters. The predicted molar refractivity (Wildman–Crippen MR) is 92.2 cm³/mol. The van der Waals surface area contributed by atoms with Crippen LogP contribution in [0.5, 0.6) is 0 Å². The zero-order valence-electron chi connectivity index (χ0n) is 14.4. The van der Waals surface area contributed by atoms with Gasteiger partial charge in [-0.3, -0.25) is 4.79 Å². The largest absolute Gasteiger partial charge is 0.336 e. The Morgan fingerprint density at radius 1 is 1.21 bits per heavy atom. The van der Waals surface area contributed by atoms with Crippen molar-refractivity contribution < 1.29 is 4.79 Å².